The average Bonchev–Trinajstić information content (AvgIpc) is 2.65. The highest BCUT2D eigenvalue weighted by molar-refractivity contribution is 7.92. The highest BCUT2D eigenvalue weighted by Gasteiger charge is 2.15. The molecule has 8 heteroatoms. The SMILES string of the molecule is CCCS(=O)(=O)Nc1cccc(C(=O)NCCCN2CCN(CC)CC2)c1. The van der Waals surface area contributed by atoms with Gasteiger partial charge in [0.25, 0.3) is 5.91 Å². The molecule has 2 rings (SSSR count). The molecular formula is C19H32N4O3S. The summed E-state index contributed by atoms with van der Waals surface area (Å²) in [6, 6.07) is 6.61. The number of carbonyl (C=O) groups excluding carboxylic acids is 1. The van der Waals surface area contributed by atoms with E-state index in [4.69, 9.17) is 0 Å². The molecule has 1 saturated heterocycles. The van der Waals surface area contributed by atoms with Crippen LogP contribution in [0.25, 0.3) is 0 Å². The summed E-state index contributed by atoms with van der Waals surface area (Å²) in [6.07, 6.45) is 1.45. The monoisotopic (exact) mass is 396 g/mol. The van der Waals surface area contributed by atoms with Crippen LogP contribution in [0.4, 0.5) is 5.69 Å². The zero-order valence-electron chi connectivity index (χ0n) is 16.4. The van der Waals surface area contributed by atoms with Crippen molar-refractivity contribution in [3.8, 4) is 0 Å². The Morgan fingerprint density at radius 1 is 1.11 bits per heavy atom. The quantitative estimate of drug-likeness (QED) is 0.587. The van der Waals surface area contributed by atoms with Crippen LogP contribution in [0.1, 0.15) is 37.0 Å². The largest absolute Gasteiger partial charge is 0.352 e. The van der Waals surface area contributed by atoms with Crippen molar-refractivity contribution in [1.82, 2.24) is 15.1 Å². The molecule has 0 saturated carbocycles. The van der Waals surface area contributed by atoms with E-state index in [9.17, 15) is 13.2 Å². The molecule has 1 aromatic carbocycles. The Labute approximate surface area is 163 Å². The molecule has 0 aliphatic carbocycles. The van der Waals surface area contributed by atoms with Crippen molar-refractivity contribution in [2.24, 2.45) is 0 Å². The van der Waals surface area contributed by atoms with E-state index in [0.717, 1.165) is 45.7 Å². The maximum atomic E-state index is 12.3. The first kappa shape index (κ1) is 21.7. The molecule has 0 bridgehead atoms. The Morgan fingerprint density at radius 2 is 1.81 bits per heavy atom. The number of nitrogens with one attached hydrogen (secondary N) is 2. The Balaban J connectivity index is 1.75. The van der Waals surface area contributed by atoms with Crippen LogP contribution in [0.3, 0.4) is 0 Å². The lowest BCUT2D eigenvalue weighted by atomic mass is 10.2. The second kappa shape index (κ2) is 10.6. The van der Waals surface area contributed by atoms with Crippen molar-refractivity contribution in [2.45, 2.75) is 26.7 Å². The van der Waals surface area contributed by atoms with E-state index in [1.165, 1.54) is 0 Å². The smallest absolute Gasteiger partial charge is 0.251 e. The molecule has 152 valence electrons. The Hall–Kier alpha value is -1.64. The Kier molecular flexibility index (Phi) is 8.53. The lowest BCUT2D eigenvalue weighted by Crippen LogP contribution is -2.46. The molecule has 0 aromatic heterocycles. The summed E-state index contributed by atoms with van der Waals surface area (Å²) in [4.78, 5) is 17.2. The third-order valence-corrected chi connectivity index (χ3v) is 6.21. The fourth-order valence-corrected chi connectivity index (χ4v) is 4.28. The van der Waals surface area contributed by atoms with E-state index >= 15 is 0 Å². The number of sulfonamides is 1. The van der Waals surface area contributed by atoms with E-state index in [1.54, 1.807) is 24.3 Å². The van der Waals surface area contributed by atoms with Crippen LogP contribution in [0, 0.1) is 0 Å². The van der Waals surface area contributed by atoms with E-state index in [1.807, 2.05) is 6.92 Å². The first-order valence-electron chi connectivity index (χ1n) is 9.77. The summed E-state index contributed by atoms with van der Waals surface area (Å²) in [5, 5.41) is 2.92. The average molecular weight is 397 g/mol. The van der Waals surface area contributed by atoms with Crippen molar-refractivity contribution in [2.75, 3.05) is 56.3 Å². The molecule has 7 nitrogen and oxygen atoms in total. The van der Waals surface area contributed by atoms with Gasteiger partial charge in [-0.05, 0) is 44.1 Å². The maximum absolute atomic E-state index is 12.3. The van der Waals surface area contributed by atoms with Gasteiger partial charge in [-0.15, -0.1) is 0 Å². The molecule has 0 spiro atoms. The molecule has 2 N–H and O–H groups in total. The summed E-state index contributed by atoms with van der Waals surface area (Å²) in [7, 11) is -3.36. The number of nitrogens with zero attached hydrogens (tertiary/aromatic N) is 2. The lowest BCUT2D eigenvalue weighted by molar-refractivity contribution is 0.0948. The van der Waals surface area contributed by atoms with Gasteiger partial charge in [0.1, 0.15) is 0 Å². The number of anilines is 1. The van der Waals surface area contributed by atoms with Crippen LogP contribution in [-0.2, 0) is 10.0 Å². The summed E-state index contributed by atoms with van der Waals surface area (Å²) in [5.74, 6) is -0.113. The van der Waals surface area contributed by atoms with E-state index in [0.29, 0.717) is 24.2 Å². The standard InChI is InChI=1S/C19H32N4O3S/c1-3-15-27(25,26)21-18-8-5-7-17(16-18)19(24)20-9-6-10-23-13-11-22(4-2)12-14-23/h5,7-8,16,21H,3-4,6,9-15H2,1-2H3,(H,20,24). The van der Waals surface area contributed by atoms with Crippen LogP contribution >= 0.6 is 0 Å². The van der Waals surface area contributed by atoms with Gasteiger partial charge in [0.2, 0.25) is 10.0 Å². The maximum Gasteiger partial charge on any atom is 0.251 e. The van der Waals surface area contributed by atoms with Gasteiger partial charge < -0.3 is 15.1 Å². The van der Waals surface area contributed by atoms with Gasteiger partial charge in [-0.3, -0.25) is 9.52 Å². The molecule has 1 aliphatic rings. The van der Waals surface area contributed by atoms with Gasteiger partial charge in [-0.25, -0.2) is 8.42 Å². The summed E-state index contributed by atoms with van der Waals surface area (Å²) >= 11 is 0. The Bertz CT molecular complexity index is 701. The van der Waals surface area contributed by atoms with Crippen molar-refractivity contribution >= 4 is 21.6 Å². The van der Waals surface area contributed by atoms with E-state index < -0.39 is 10.0 Å². The van der Waals surface area contributed by atoms with Crippen molar-refractivity contribution in [3.05, 3.63) is 29.8 Å². The zero-order valence-corrected chi connectivity index (χ0v) is 17.2. The number of amides is 1. The van der Waals surface area contributed by atoms with Crippen LogP contribution in [0.15, 0.2) is 24.3 Å². The second-order valence-corrected chi connectivity index (χ2v) is 8.73. The third-order valence-electron chi connectivity index (χ3n) is 4.72. The first-order valence-corrected chi connectivity index (χ1v) is 11.4. The van der Waals surface area contributed by atoms with Crippen LogP contribution in [0.5, 0.6) is 0 Å². The summed E-state index contributed by atoms with van der Waals surface area (Å²) < 4.78 is 26.2. The molecule has 0 unspecified atom stereocenters. The number of benzene rings is 1. The number of rotatable bonds is 10. The lowest BCUT2D eigenvalue weighted by Gasteiger charge is -2.33. The number of hydrogen-bond acceptors (Lipinski definition) is 5. The van der Waals surface area contributed by atoms with Gasteiger partial charge in [0.15, 0.2) is 0 Å². The number of hydrogen-bond donors (Lipinski definition) is 2. The predicted molar refractivity (Wildman–Crippen MR) is 110 cm³/mol. The zero-order chi connectivity index (χ0) is 19.7. The van der Waals surface area contributed by atoms with Gasteiger partial charge in [-0.2, -0.15) is 0 Å². The molecule has 1 aliphatic heterocycles. The topological polar surface area (TPSA) is 81.7 Å². The predicted octanol–water partition coefficient (Wildman–Crippen LogP) is 1.60. The fraction of sp³-hybridized carbons (Fsp3) is 0.632. The molecule has 27 heavy (non-hydrogen) atoms. The van der Waals surface area contributed by atoms with E-state index in [-0.39, 0.29) is 11.7 Å². The molecule has 0 atom stereocenters. The van der Waals surface area contributed by atoms with Crippen LogP contribution < -0.4 is 10.0 Å². The minimum atomic E-state index is -3.36. The van der Waals surface area contributed by atoms with Gasteiger partial charge in [-0.1, -0.05) is 19.9 Å². The fourth-order valence-electron chi connectivity index (χ4n) is 3.16. The number of carbonyl (C=O) groups is 1. The van der Waals surface area contributed by atoms with Gasteiger partial charge in [0.05, 0.1) is 5.75 Å². The molecule has 1 aromatic rings. The number of likely N-dealkylation sites (N-methyl/N-ethyl adjacent to an activating group) is 1. The van der Waals surface area contributed by atoms with Crippen molar-refractivity contribution < 1.29 is 13.2 Å². The van der Waals surface area contributed by atoms with Crippen molar-refractivity contribution in [1.29, 1.82) is 0 Å². The van der Waals surface area contributed by atoms with Gasteiger partial charge >= 0.3 is 0 Å². The molecule has 1 fully saturated rings. The molecule has 1 heterocycles. The van der Waals surface area contributed by atoms with Crippen molar-refractivity contribution in [3.63, 3.8) is 0 Å². The molecular weight excluding hydrogens is 364 g/mol. The third kappa shape index (κ3) is 7.48. The normalized spacial score (nSPS) is 16.2. The summed E-state index contributed by atoms with van der Waals surface area (Å²) in [5.41, 5.74) is 0.883. The van der Waals surface area contributed by atoms with Gasteiger partial charge in [0, 0.05) is 44.0 Å². The molecule has 0 radical (unpaired) electrons. The first-order chi connectivity index (χ1) is 12.9. The number of piperazine rings is 1. The highest BCUT2D eigenvalue weighted by Crippen LogP contribution is 2.13. The van der Waals surface area contributed by atoms with E-state index in [2.05, 4.69) is 26.8 Å². The van der Waals surface area contributed by atoms with Crippen LogP contribution in [0.2, 0.25) is 0 Å². The minimum Gasteiger partial charge on any atom is -0.352 e. The summed E-state index contributed by atoms with van der Waals surface area (Å²) in [6.45, 7) is 11.1. The highest BCUT2D eigenvalue weighted by atomic mass is 32.2. The van der Waals surface area contributed by atoms with Crippen LogP contribution in [-0.4, -0.2) is 75.7 Å². The minimum absolute atomic E-state index is 0.0654. The second-order valence-electron chi connectivity index (χ2n) is 6.89. The Morgan fingerprint density at radius 3 is 2.48 bits per heavy atom. The molecule has 1 amide bonds.